The third-order valence-corrected chi connectivity index (χ3v) is 4.60. The quantitative estimate of drug-likeness (QED) is 0.726. The Hall–Kier alpha value is -2.25. The zero-order valence-electron chi connectivity index (χ0n) is 11.5. The molecule has 0 aliphatic carbocycles. The highest BCUT2D eigenvalue weighted by molar-refractivity contribution is 7.98. The van der Waals surface area contributed by atoms with Crippen molar-refractivity contribution in [2.45, 2.75) is 10.8 Å². The van der Waals surface area contributed by atoms with Gasteiger partial charge in [-0.2, -0.15) is 0 Å². The van der Waals surface area contributed by atoms with Crippen LogP contribution in [-0.2, 0) is 5.75 Å². The molecule has 3 aromatic heterocycles. The smallest absolute Gasteiger partial charge is 0.266 e. The van der Waals surface area contributed by atoms with Crippen LogP contribution in [0.5, 0.6) is 0 Å². The van der Waals surface area contributed by atoms with Gasteiger partial charge in [-0.15, -0.1) is 21.5 Å². The fraction of sp³-hybridized carbons (Fsp3) is 0.0667. The van der Waals surface area contributed by atoms with Crippen LogP contribution < -0.4 is 5.32 Å². The molecule has 0 unspecified atom stereocenters. The average molecular weight is 328 g/mol. The fourth-order valence-electron chi connectivity index (χ4n) is 1.69. The highest BCUT2D eigenvalue weighted by Crippen LogP contribution is 2.20. The van der Waals surface area contributed by atoms with E-state index in [1.54, 1.807) is 30.1 Å². The Morgan fingerprint density at radius 2 is 2.14 bits per heavy atom. The first-order valence-corrected chi connectivity index (χ1v) is 8.38. The Morgan fingerprint density at radius 3 is 2.82 bits per heavy atom. The van der Waals surface area contributed by atoms with E-state index in [0.29, 0.717) is 10.7 Å². The molecular weight excluding hydrogens is 316 g/mol. The standard InChI is InChI=1S/C15H12N4OS2/c20-15(12-4-2-8-21-12)17-13-5-6-14(19-18-13)22-10-11-3-1-7-16-9-11/h1-9H,10H2,(H,17,18,20). The molecule has 0 bridgehead atoms. The van der Waals surface area contributed by atoms with Gasteiger partial charge >= 0.3 is 0 Å². The Morgan fingerprint density at radius 1 is 1.18 bits per heavy atom. The molecule has 0 aliphatic rings. The number of amides is 1. The van der Waals surface area contributed by atoms with Crippen LogP contribution in [0.3, 0.4) is 0 Å². The minimum Gasteiger partial charge on any atom is -0.304 e. The second-order valence-corrected chi connectivity index (χ2v) is 6.28. The van der Waals surface area contributed by atoms with Crippen LogP contribution >= 0.6 is 23.1 Å². The number of carbonyl (C=O) groups excluding carboxylic acids is 1. The molecule has 0 saturated heterocycles. The zero-order chi connectivity index (χ0) is 15.2. The van der Waals surface area contributed by atoms with Gasteiger partial charge in [-0.05, 0) is 35.2 Å². The maximum atomic E-state index is 11.9. The van der Waals surface area contributed by atoms with Crippen molar-refractivity contribution < 1.29 is 4.79 Å². The molecule has 3 aromatic rings. The van der Waals surface area contributed by atoms with Gasteiger partial charge in [-0.1, -0.05) is 23.9 Å². The third-order valence-electron chi connectivity index (χ3n) is 2.74. The largest absolute Gasteiger partial charge is 0.304 e. The Balaban J connectivity index is 1.57. The van der Waals surface area contributed by atoms with Gasteiger partial charge in [0, 0.05) is 18.1 Å². The molecular formula is C15H12N4OS2. The second kappa shape index (κ2) is 7.15. The van der Waals surface area contributed by atoms with Crippen LogP contribution in [0.2, 0.25) is 0 Å². The molecule has 110 valence electrons. The fourth-order valence-corrected chi connectivity index (χ4v) is 3.06. The molecule has 0 fully saturated rings. The SMILES string of the molecule is O=C(Nc1ccc(SCc2cccnc2)nn1)c1cccs1. The molecule has 0 radical (unpaired) electrons. The van der Waals surface area contributed by atoms with E-state index in [1.165, 1.54) is 11.3 Å². The number of thioether (sulfide) groups is 1. The highest BCUT2D eigenvalue weighted by atomic mass is 32.2. The number of carbonyl (C=O) groups is 1. The van der Waals surface area contributed by atoms with Crippen molar-refractivity contribution >= 4 is 34.8 Å². The lowest BCUT2D eigenvalue weighted by atomic mass is 10.3. The van der Waals surface area contributed by atoms with Gasteiger partial charge in [-0.25, -0.2) is 0 Å². The number of nitrogens with zero attached hydrogens (tertiary/aromatic N) is 3. The number of hydrogen-bond donors (Lipinski definition) is 1. The third kappa shape index (κ3) is 3.90. The number of rotatable bonds is 5. The number of anilines is 1. The molecule has 0 saturated carbocycles. The minimum absolute atomic E-state index is 0.167. The van der Waals surface area contributed by atoms with Crippen LogP contribution in [0, 0.1) is 0 Å². The summed E-state index contributed by atoms with van der Waals surface area (Å²) in [4.78, 5) is 16.6. The lowest BCUT2D eigenvalue weighted by Gasteiger charge is -2.03. The molecule has 0 atom stereocenters. The second-order valence-electron chi connectivity index (χ2n) is 4.34. The number of thiophene rings is 1. The van der Waals surface area contributed by atoms with E-state index in [0.717, 1.165) is 16.3 Å². The topological polar surface area (TPSA) is 67.8 Å². The van der Waals surface area contributed by atoms with Crippen molar-refractivity contribution in [3.63, 3.8) is 0 Å². The molecule has 0 aromatic carbocycles. The summed E-state index contributed by atoms with van der Waals surface area (Å²) in [6.45, 7) is 0. The van der Waals surface area contributed by atoms with E-state index >= 15 is 0 Å². The van der Waals surface area contributed by atoms with Crippen molar-refractivity contribution in [3.05, 3.63) is 64.6 Å². The number of aromatic nitrogens is 3. The monoisotopic (exact) mass is 328 g/mol. The van der Waals surface area contributed by atoms with E-state index in [9.17, 15) is 4.79 Å². The van der Waals surface area contributed by atoms with Gasteiger partial charge in [0.05, 0.1) is 4.88 Å². The molecule has 5 nitrogen and oxygen atoms in total. The zero-order valence-corrected chi connectivity index (χ0v) is 13.1. The van der Waals surface area contributed by atoms with E-state index in [2.05, 4.69) is 20.5 Å². The lowest BCUT2D eigenvalue weighted by molar-refractivity contribution is 0.103. The summed E-state index contributed by atoms with van der Waals surface area (Å²) in [5.74, 6) is 1.06. The maximum Gasteiger partial charge on any atom is 0.266 e. The summed E-state index contributed by atoms with van der Waals surface area (Å²) in [6.07, 6.45) is 3.58. The van der Waals surface area contributed by atoms with Gasteiger partial charge in [0.1, 0.15) is 5.03 Å². The Bertz CT molecular complexity index is 730. The Kier molecular flexibility index (Phi) is 4.77. The van der Waals surface area contributed by atoms with Crippen molar-refractivity contribution in [1.82, 2.24) is 15.2 Å². The van der Waals surface area contributed by atoms with Crippen LogP contribution in [0.4, 0.5) is 5.82 Å². The van der Waals surface area contributed by atoms with Crippen molar-refractivity contribution in [2.75, 3.05) is 5.32 Å². The predicted octanol–water partition coefficient (Wildman–Crippen LogP) is 3.48. The molecule has 1 amide bonds. The van der Waals surface area contributed by atoms with Gasteiger partial charge in [0.15, 0.2) is 5.82 Å². The lowest BCUT2D eigenvalue weighted by Crippen LogP contribution is -2.11. The molecule has 0 spiro atoms. The highest BCUT2D eigenvalue weighted by Gasteiger charge is 2.08. The summed E-state index contributed by atoms with van der Waals surface area (Å²) in [5, 5.41) is 13.5. The first kappa shape index (κ1) is 14.7. The summed E-state index contributed by atoms with van der Waals surface area (Å²) < 4.78 is 0. The van der Waals surface area contributed by atoms with Gasteiger partial charge < -0.3 is 5.32 Å². The van der Waals surface area contributed by atoms with Crippen LogP contribution in [0.1, 0.15) is 15.2 Å². The molecule has 22 heavy (non-hydrogen) atoms. The van der Waals surface area contributed by atoms with E-state index in [-0.39, 0.29) is 5.91 Å². The maximum absolute atomic E-state index is 11.9. The minimum atomic E-state index is -0.167. The van der Waals surface area contributed by atoms with Crippen molar-refractivity contribution in [3.8, 4) is 0 Å². The number of hydrogen-bond acceptors (Lipinski definition) is 6. The molecule has 3 heterocycles. The predicted molar refractivity (Wildman–Crippen MR) is 88.1 cm³/mol. The normalized spacial score (nSPS) is 10.4. The molecule has 1 N–H and O–H groups in total. The van der Waals surface area contributed by atoms with Gasteiger partial charge in [-0.3, -0.25) is 9.78 Å². The molecule has 3 rings (SSSR count). The summed E-state index contributed by atoms with van der Waals surface area (Å²) in [5.41, 5.74) is 1.13. The molecule has 7 heteroatoms. The first-order chi connectivity index (χ1) is 10.8. The van der Waals surface area contributed by atoms with E-state index < -0.39 is 0 Å². The number of nitrogens with one attached hydrogen (secondary N) is 1. The van der Waals surface area contributed by atoms with E-state index in [4.69, 9.17) is 0 Å². The summed E-state index contributed by atoms with van der Waals surface area (Å²) in [6, 6.07) is 11.1. The van der Waals surface area contributed by atoms with Crippen LogP contribution in [-0.4, -0.2) is 21.1 Å². The van der Waals surface area contributed by atoms with Gasteiger partial charge in [0.25, 0.3) is 5.91 Å². The van der Waals surface area contributed by atoms with Gasteiger partial charge in [0.2, 0.25) is 0 Å². The first-order valence-electron chi connectivity index (χ1n) is 6.51. The Labute approximate surface area is 135 Å². The van der Waals surface area contributed by atoms with Crippen molar-refractivity contribution in [1.29, 1.82) is 0 Å². The van der Waals surface area contributed by atoms with Crippen LogP contribution in [0.15, 0.2) is 59.2 Å². The number of pyridine rings is 1. The molecule has 0 aliphatic heterocycles. The van der Waals surface area contributed by atoms with Crippen molar-refractivity contribution in [2.24, 2.45) is 0 Å². The van der Waals surface area contributed by atoms with E-state index in [1.807, 2.05) is 35.8 Å². The summed E-state index contributed by atoms with van der Waals surface area (Å²) >= 11 is 2.96. The van der Waals surface area contributed by atoms with Crippen LogP contribution in [0.25, 0.3) is 0 Å². The summed E-state index contributed by atoms with van der Waals surface area (Å²) in [7, 11) is 0. The average Bonchev–Trinajstić information content (AvgIpc) is 3.10.